The number of amides is 2. The van der Waals surface area contributed by atoms with E-state index in [9.17, 15) is 9.59 Å². The van der Waals surface area contributed by atoms with E-state index in [4.69, 9.17) is 0 Å². The van der Waals surface area contributed by atoms with E-state index < -0.39 is 0 Å². The van der Waals surface area contributed by atoms with Crippen LogP contribution in [0.1, 0.15) is 36.8 Å². The normalized spacial score (nSPS) is 18.7. The van der Waals surface area contributed by atoms with Gasteiger partial charge in [0.2, 0.25) is 11.8 Å². The van der Waals surface area contributed by atoms with Crippen LogP contribution in [0.15, 0.2) is 48.5 Å². The fraction of sp³-hybridized carbons (Fsp3) is 0.417. The Morgan fingerprint density at radius 1 is 0.897 bits per heavy atom. The second-order valence-electron chi connectivity index (χ2n) is 8.12. The molecule has 5 nitrogen and oxygen atoms in total. The lowest BCUT2D eigenvalue weighted by Gasteiger charge is -2.27. The van der Waals surface area contributed by atoms with Crippen molar-refractivity contribution in [3.63, 3.8) is 0 Å². The first kappa shape index (κ1) is 20.9. The molecule has 2 amide bonds. The third-order valence-electron chi connectivity index (χ3n) is 5.83. The SMILES string of the molecule is Cc1ccccc1CNC(=O)C1CCC(C(=O)Nc2ccc(N(C)C)cc2)CC1. The Bertz CT molecular complexity index is 837. The van der Waals surface area contributed by atoms with Gasteiger partial charge < -0.3 is 15.5 Å². The van der Waals surface area contributed by atoms with Gasteiger partial charge in [-0.3, -0.25) is 9.59 Å². The number of carbonyl (C=O) groups excluding carboxylic acids is 2. The molecule has 5 heteroatoms. The lowest BCUT2D eigenvalue weighted by molar-refractivity contribution is -0.128. The third-order valence-corrected chi connectivity index (χ3v) is 5.83. The number of hydrogen-bond donors (Lipinski definition) is 2. The molecule has 154 valence electrons. The molecule has 3 rings (SSSR count). The molecule has 0 unspecified atom stereocenters. The van der Waals surface area contributed by atoms with Crippen LogP contribution in [-0.4, -0.2) is 25.9 Å². The van der Waals surface area contributed by atoms with Gasteiger partial charge in [0.25, 0.3) is 0 Å². The third kappa shape index (κ3) is 5.59. The molecule has 0 aliphatic heterocycles. The maximum Gasteiger partial charge on any atom is 0.227 e. The summed E-state index contributed by atoms with van der Waals surface area (Å²) in [4.78, 5) is 27.1. The highest BCUT2D eigenvalue weighted by Gasteiger charge is 2.29. The minimum atomic E-state index is -0.0241. The van der Waals surface area contributed by atoms with Crippen molar-refractivity contribution in [2.75, 3.05) is 24.3 Å². The number of rotatable bonds is 6. The minimum Gasteiger partial charge on any atom is -0.378 e. The summed E-state index contributed by atoms with van der Waals surface area (Å²) < 4.78 is 0. The number of benzene rings is 2. The molecule has 0 bridgehead atoms. The van der Waals surface area contributed by atoms with E-state index in [1.54, 1.807) is 0 Å². The highest BCUT2D eigenvalue weighted by Crippen LogP contribution is 2.30. The Kier molecular flexibility index (Phi) is 6.91. The van der Waals surface area contributed by atoms with E-state index in [0.29, 0.717) is 6.54 Å². The molecular formula is C24H31N3O2. The van der Waals surface area contributed by atoms with Crippen molar-refractivity contribution in [2.45, 2.75) is 39.2 Å². The quantitative estimate of drug-likeness (QED) is 0.776. The molecule has 0 radical (unpaired) electrons. The van der Waals surface area contributed by atoms with Crippen molar-refractivity contribution in [3.8, 4) is 0 Å². The lowest BCUT2D eigenvalue weighted by atomic mass is 9.81. The van der Waals surface area contributed by atoms with Gasteiger partial charge in [0.05, 0.1) is 0 Å². The van der Waals surface area contributed by atoms with Gasteiger partial charge >= 0.3 is 0 Å². The molecule has 0 saturated heterocycles. The molecule has 0 aromatic heterocycles. The summed E-state index contributed by atoms with van der Waals surface area (Å²) in [6, 6.07) is 15.9. The summed E-state index contributed by atoms with van der Waals surface area (Å²) in [5.41, 5.74) is 4.25. The van der Waals surface area contributed by atoms with Crippen LogP contribution in [-0.2, 0) is 16.1 Å². The predicted octanol–water partition coefficient (Wildman–Crippen LogP) is 4.12. The van der Waals surface area contributed by atoms with Gasteiger partial charge in [-0.1, -0.05) is 24.3 Å². The molecule has 29 heavy (non-hydrogen) atoms. The summed E-state index contributed by atoms with van der Waals surface area (Å²) in [5.74, 6) is 0.138. The standard InChI is InChI=1S/C24H31N3O2/c1-17-6-4-5-7-20(17)16-25-23(28)18-8-10-19(11-9-18)24(29)26-21-12-14-22(15-13-21)27(2)3/h4-7,12-15,18-19H,8-11,16H2,1-3H3,(H,25,28)(H,26,29). The number of carbonyl (C=O) groups is 2. The molecule has 2 aromatic carbocycles. The molecule has 1 aliphatic rings. The first-order chi connectivity index (χ1) is 13.9. The number of nitrogens with zero attached hydrogens (tertiary/aromatic N) is 1. The van der Waals surface area contributed by atoms with E-state index in [1.165, 1.54) is 5.56 Å². The molecule has 0 spiro atoms. The van der Waals surface area contributed by atoms with Crippen molar-refractivity contribution < 1.29 is 9.59 Å². The molecule has 0 heterocycles. The zero-order chi connectivity index (χ0) is 20.8. The van der Waals surface area contributed by atoms with Crippen LogP contribution >= 0.6 is 0 Å². The van der Waals surface area contributed by atoms with Crippen LogP contribution in [0.5, 0.6) is 0 Å². The van der Waals surface area contributed by atoms with Crippen LogP contribution in [0.2, 0.25) is 0 Å². The number of aryl methyl sites for hydroxylation is 1. The van der Waals surface area contributed by atoms with E-state index >= 15 is 0 Å². The molecule has 1 fully saturated rings. The minimum absolute atomic E-state index is 0.00226. The van der Waals surface area contributed by atoms with E-state index in [0.717, 1.165) is 42.6 Å². The Morgan fingerprint density at radius 3 is 2.07 bits per heavy atom. The van der Waals surface area contributed by atoms with Crippen molar-refractivity contribution in [1.82, 2.24) is 5.32 Å². The smallest absolute Gasteiger partial charge is 0.227 e. The first-order valence-corrected chi connectivity index (χ1v) is 10.3. The van der Waals surface area contributed by atoms with Crippen LogP contribution < -0.4 is 15.5 Å². The second kappa shape index (κ2) is 9.59. The van der Waals surface area contributed by atoms with Gasteiger partial charge in [-0.25, -0.2) is 0 Å². The Hall–Kier alpha value is -2.82. The maximum absolute atomic E-state index is 12.6. The molecule has 1 aliphatic carbocycles. The summed E-state index contributed by atoms with van der Waals surface area (Å²) in [6.45, 7) is 2.62. The fourth-order valence-corrected chi connectivity index (χ4v) is 3.84. The lowest BCUT2D eigenvalue weighted by Crippen LogP contribution is -2.35. The number of anilines is 2. The van der Waals surface area contributed by atoms with E-state index in [-0.39, 0.29) is 23.7 Å². The molecule has 1 saturated carbocycles. The van der Waals surface area contributed by atoms with Gasteiger partial charge in [0.15, 0.2) is 0 Å². The monoisotopic (exact) mass is 393 g/mol. The van der Waals surface area contributed by atoms with Gasteiger partial charge in [0.1, 0.15) is 0 Å². The van der Waals surface area contributed by atoms with E-state index in [1.807, 2.05) is 61.5 Å². The average molecular weight is 394 g/mol. The van der Waals surface area contributed by atoms with Crippen LogP contribution in [0.25, 0.3) is 0 Å². The Morgan fingerprint density at radius 2 is 1.48 bits per heavy atom. The zero-order valence-electron chi connectivity index (χ0n) is 17.6. The highest BCUT2D eigenvalue weighted by molar-refractivity contribution is 5.93. The van der Waals surface area contributed by atoms with Crippen molar-refractivity contribution >= 4 is 23.2 Å². The largest absolute Gasteiger partial charge is 0.378 e. The Labute approximate surface area is 173 Å². The molecule has 2 N–H and O–H groups in total. The van der Waals surface area contributed by atoms with Gasteiger partial charge in [-0.05, 0) is 68.0 Å². The van der Waals surface area contributed by atoms with Gasteiger partial charge in [0, 0.05) is 43.9 Å². The fourth-order valence-electron chi connectivity index (χ4n) is 3.84. The van der Waals surface area contributed by atoms with E-state index in [2.05, 4.69) is 23.6 Å². The molecule has 0 atom stereocenters. The zero-order valence-corrected chi connectivity index (χ0v) is 17.6. The van der Waals surface area contributed by atoms with Crippen molar-refractivity contribution in [2.24, 2.45) is 11.8 Å². The highest BCUT2D eigenvalue weighted by atomic mass is 16.2. The van der Waals surface area contributed by atoms with Crippen LogP contribution in [0, 0.1) is 18.8 Å². The topological polar surface area (TPSA) is 61.4 Å². The summed E-state index contributed by atoms with van der Waals surface area (Å²) in [7, 11) is 3.98. The summed E-state index contributed by atoms with van der Waals surface area (Å²) >= 11 is 0. The second-order valence-corrected chi connectivity index (χ2v) is 8.12. The van der Waals surface area contributed by atoms with Gasteiger partial charge in [-0.2, -0.15) is 0 Å². The first-order valence-electron chi connectivity index (χ1n) is 10.3. The van der Waals surface area contributed by atoms with Crippen molar-refractivity contribution in [3.05, 3.63) is 59.7 Å². The van der Waals surface area contributed by atoms with Gasteiger partial charge in [-0.15, -0.1) is 0 Å². The maximum atomic E-state index is 12.6. The number of hydrogen-bond acceptors (Lipinski definition) is 3. The van der Waals surface area contributed by atoms with Crippen LogP contribution in [0.4, 0.5) is 11.4 Å². The summed E-state index contributed by atoms with van der Waals surface area (Å²) in [6.07, 6.45) is 3.03. The van der Waals surface area contributed by atoms with Crippen LogP contribution in [0.3, 0.4) is 0 Å². The molecular weight excluding hydrogens is 362 g/mol. The molecule has 2 aromatic rings. The number of nitrogens with one attached hydrogen (secondary N) is 2. The summed E-state index contributed by atoms with van der Waals surface area (Å²) in [5, 5.41) is 6.08. The predicted molar refractivity (Wildman–Crippen MR) is 118 cm³/mol. The van der Waals surface area contributed by atoms with Crippen molar-refractivity contribution in [1.29, 1.82) is 0 Å². The average Bonchev–Trinajstić information content (AvgIpc) is 2.73. The Balaban J connectivity index is 1.45.